The zero-order valence-electron chi connectivity index (χ0n) is 13.7. The Hall–Kier alpha value is -1.25. The van der Waals surface area contributed by atoms with E-state index in [0.717, 1.165) is 36.2 Å². The number of rotatable bonds is 2. The van der Waals surface area contributed by atoms with Crippen molar-refractivity contribution < 1.29 is 13.2 Å². The summed E-state index contributed by atoms with van der Waals surface area (Å²) in [4.78, 5) is 0. The van der Waals surface area contributed by atoms with Gasteiger partial charge in [-0.1, -0.05) is 38.0 Å². The van der Waals surface area contributed by atoms with Crippen LogP contribution in [-0.2, 0) is 6.18 Å². The lowest BCUT2D eigenvalue weighted by Crippen LogP contribution is -2.22. The number of hydrogen-bond acceptors (Lipinski definition) is 0. The van der Waals surface area contributed by atoms with Crippen LogP contribution in [0, 0.1) is 17.8 Å². The van der Waals surface area contributed by atoms with Gasteiger partial charge in [0.05, 0.1) is 5.56 Å². The van der Waals surface area contributed by atoms with E-state index in [4.69, 9.17) is 0 Å². The van der Waals surface area contributed by atoms with Gasteiger partial charge in [0.15, 0.2) is 0 Å². The Morgan fingerprint density at radius 3 is 2.04 bits per heavy atom. The van der Waals surface area contributed by atoms with Crippen molar-refractivity contribution >= 4 is 5.57 Å². The van der Waals surface area contributed by atoms with Crippen molar-refractivity contribution in [2.45, 2.75) is 58.0 Å². The second-order valence-corrected chi connectivity index (χ2v) is 7.36. The van der Waals surface area contributed by atoms with Gasteiger partial charge < -0.3 is 0 Å². The summed E-state index contributed by atoms with van der Waals surface area (Å²) in [5, 5.41) is 0. The van der Waals surface area contributed by atoms with Gasteiger partial charge in [0, 0.05) is 0 Å². The molecule has 23 heavy (non-hydrogen) atoms. The highest BCUT2D eigenvalue weighted by molar-refractivity contribution is 5.66. The molecule has 0 heterocycles. The lowest BCUT2D eigenvalue weighted by atomic mass is 9.71. The van der Waals surface area contributed by atoms with E-state index >= 15 is 0 Å². The van der Waals surface area contributed by atoms with Crippen molar-refractivity contribution in [3.63, 3.8) is 0 Å². The Morgan fingerprint density at radius 1 is 0.870 bits per heavy atom. The number of halogens is 3. The third-order valence-electron chi connectivity index (χ3n) is 5.76. The van der Waals surface area contributed by atoms with Gasteiger partial charge in [-0.05, 0) is 73.1 Å². The van der Waals surface area contributed by atoms with Crippen LogP contribution in [0.3, 0.4) is 0 Å². The third kappa shape index (κ3) is 3.99. The van der Waals surface area contributed by atoms with Crippen LogP contribution in [0.1, 0.15) is 63.0 Å². The largest absolute Gasteiger partial charge is 0.416 e. The lowest BCUT2D eigenvalue weighted by Gasteiger charge is -2.34. The van der Waals surface area contributed by atoms with E-state index in [1.807, 2.05) is 0 Å². The molecule has 126 valence electrons. The van der Waals surface area contributed by atoms with Crippen LogP contribution < -0.4 is 0 Å². The molecule has 0 spiro atoms. The molecule has 0 amide bonds. The maximum Gasteiger partial charge on any atom is 0.416 e. The number of benzene rings is 1. The van der Waals surface area contributed by atoms with E-state index in [1.54, 1.807) is 12.1 Å². The molecule has 0 unspecified atom stereocenters. The topological polar surface area (TPSA) is 0 Å². The van der Waals surface area contributed by atoms with Crippen LogP contribution in [0.5, 0.6) is 0 Å². The third-order valence-corrected chi connectivity index (χ3v) is 5.76. The Kier molecular flexibility index (Phi) is 4.84. The summed E-state index contributed by atoms with van der Waals surface area (Å²) < 4.78 is 37.9. The van der Waals surface area contributed by atoms with Crippen molar-refractivity contribution in [1.82, 2.24) is 0 Å². The van der Waals surface area contributed by atoms with E-state index in [0.29, 0.717) is 0 Å². The molecule has 2 aliphatic rings. The van der Waals surface area contributed by atoms with Crippen LogP contribution in [0.15, 0.2) is 30.3 Å². The quantitative estimate of drug-likeness (QED) is 0.567. The van der Waals surface area contributed by atoms with Gasteiger partial charge in [0.1, 0.15) is 0 Å². The molecule has 0 saturated heterocycles. The molecule has 1 fully saturated rings. The summed E-state index contributed by atoms with van der Waals surface area (Å²) in [5.74, 6) is 2.52. The molecular weight excluding hydrogens is 297 g/mol. The van der Waals surface area contributed by atoms with Crippen molar-refractivity contribution in [2.24, 2.45) is 17.8 Å². The smallest absolute Gasteiger partial charge is 0.166 e. The fraction of sp³-hybridized carbons (Fsp3) is 0.600. The van der Waals surface area contributed by atoms with Crippen molar-refractivity contribution in [1.29, 1.82) is 0 Å². The summed E-state index contributed by atoms with van der Waals surface area (Å²) in [7, 11) is 0. The maximum atomic E-state index is 12.6. The SMILES string of the molecule is CC1CCC([C@H]2CC=C(c3ccc(C(F)(F)F)cc3)CC2)CC1. The van der Waals surface area contributed by atoms with Crippen LogP contribution >= 0.6 is 0 Å². The van der Waals surface area contributed by atoms with E-state index < -0.39 is 11.7 Å². The first-order valence-electron chi connectivity index (χ1n) is 8.80. The Labute approximate surface area is 136 Å². The molecule has 0 nitrogen and oxygen atoms in total. The second kappa shape index (κ2) is 6.70. The zero-order valence-corrected chi connectivity index (χ0v) is 13.7. The molecule has 2 aliphatic carbocycles. The van der Waals surface area contributed by atoms with Gasteiger partial charge in [-0.25, -0.2) is 0 Å². The highest BCUT2D eigenvalue weighted by Gasteiger charge is 2.30. The molecule has 1 aromatic carbocycles. The van der Waals surface area contributed by atoms with E-state index in [-0.39, 0.29) is 0 Å². The summed E-state index contributed by atoms with van der Waals surface area (Å²) in [6.45, 7) is 2.35. The molecule has 0 radical (unpaired) electrons. The highest BCUT2D eigenvalue weighted by atomic mass is 19.4. The van der Waals surface area contributed by atoms with Crippen LogP contribution in [0.4, 0.5) is 13.2 Å². The first-order chi connectivity index (χ1) is 10.9. The van der Waals surface area contributed by atoms with E-state index in [2.05, 4.69) is 13.0 Å². The predicted octanol–water partition coefficient (Wildman–Crippen LogP) is 6.72. The Bertz CT molecular complexity index is 545. The average Bonchev–Trinajstić information content (AvgIpc) is 2.55. The number of hydrogen-bond donors (Lipinski definition) is 0. The van der Waals surface area contributed by atoms with Crippen molar-refractivity contribution in [3.05, 3.63) is 41.5 Å². The fourth-order valence-corrected chi connectivity index (χ4v) is 4.18. The van der Waals surface area contributed by atoms with Crippen molar-refractivity contribution in [3.8, 4) is 0 Å². The Morgan fingerprint density at radius 2 is 1.52 bits per heavy atom. The number of alkyl halides is 3. The van der Waals surface area contributed by atoms with Crippen LogP contribution in [-0.4, -0.2) is 0 Å². The predicted molar refractivity (Wildman–Crippen MR) is 87.9 cm³/mol. The molecule has 0 bridgehead atoms. The van der Waals surface area contributed by atoms with Crippen LogP contribution in [0.2, 0.25) is 0 Å². The molecular formula is C20H25F3. The molecule has 0 aliphatic heterocycles. The first kappa shape index (κ1) is 16.6. The van der Waals surface area contributed by atoms with Gasteiger partial charge in [-0.2, -0.15) is 13.2 Å². The van der Waals surface area contributed by atoms with Crippen molar-refractivity contribution in [2.75, 3.05) is 0 Å². The normalized spacial score (nSPS) is 29.2. The summed E-state index contributed by atoms with van der Waals surface area (Å²) >= 11 is 0. The second-order valence-electron chi connectivity index (χ2n) is 7.36. The average molecular weight is 322 g/mol. The van der Waals surface area contributed by atoms with Gasteiger partial charge in [-0.15, -0.1) is 0 Å². The first-order valence-corrected chi connectivity index (χ1v) is 8.80. The Balaban J connectivity index is 1.62. The van der Waals surface area contributed by atoms with E-state index in [9.17, 15) is 13.2 Å². The molecule has 3 rings (SSSR count). The molecule has 0 N–H and O–H groups in total. The summed E-state index contributed by atoms with van der Waals surface area (Å²) in [6.07, 6.45) is 6.73. The minimum Gasteiger partial charge on any atom is -0.166 e. The fourth-order valence-electron chi connectivity index (χ4n) is 4.18. The molecule has 1 atom stereocenters. The highest BCUT2D eigenvalue weighted by Crippen LogP contribution is 2.41. The molecule has 3 heteroatoms. The van der Waals surface area contributed by atoms with Gasteiger partial charge in [0.25, 0.3) is 0 Å². The minimum atomic E-state index is -4.25. The lowest BCUT2D eigenvalue weighted by molar-refractivity contribution is -0.137. The molecule has 1 saturated carbocycles. The maximum absolute atomic E-state index is 12.6. The molecule has 0 aromatic heterocycles. The zero-order chi connectivity index (χ0) is 16.4. The molecule has 1 aromatic rings. The van der Waals surface area contributed by atoms with Gasteiger partial charge in [-0.3, -0.25) is 0 Å². The number of allylic oxidation sites excluding steroid dienone is 2. The van der Waals surface area contributed by atoms with Gasteiger partial charge in [0.2, 0.25) is 0 Å². The van der Waals surface area contributed by atoms with Gasteiger partial charge >= 0.3 is 6.18 Å². The van der Waals surface area contributed by atoms with E-state index in [1.165, 1.54) is 49.8 Å². The standard InChI is InChI=1S/C20H25F3/c1-14-2-4-15(5-3-14)16-6-8-17(9-7-16)18-10-12-19(13-11-18)20(21,22)23/h8,10-16H,2-7,9H2,1H3/t14?,15?,16-/m0/s1. The minimum absolute atomic E-state index is 0.563. The summed E-state index contributed by atoms with van der Waals surface area (Å²) in [6, 6.07) is 5.64. The monoisotopic (exact) mass is 322 g/mol. The summed E-state index contributed by atoms with van der Waals surface area (Å²) in [5.41, 5.74) is 1.61. The van der Waals surface area contributed by atoms with Crippen LogP contribution in [0.25, 0.3) is 5.57 Å².